The lowest BCUT2D eigenvalue weighted by molar-refractivity contribution is -0.121. The van der Waals surface area contributed by atoms with Crippen molar-refractivity contribution in [2.75, 3.05) is 27.1 Å². The highest BCUT2D eigenvalue weighted by molar-refractivity contribution is 5.84. The quantitative estimate of drug-likeness (QED) is 0.506. The first kappa shape index (κ1) is 17.0. The number of amides is 1. The van der Waals surface area contributed by atoms with E-state index in [0.717, 1.165) is 4.68 Å². The van der Waals surface area contributed by atoms with Crippen molar-refractivity contribution in [2.45, 2.75) is 6.54 Å². The zero-order valence-electron chi connectivity index (χ0n) is 13.4. The van der Waals surface area contributed by atoms with E-state index in [-0.39, 0.29) is 12.5 Å². The minimum absolute atomic E-state index is 0.0405. The third-order valence-corrected chi connectivity index (χ3v) is 2.94. The molecule has 0 aliphatic carbocycles. The van der Waals surface area contributed by atoms with Crippen molar-refractivity contribution >= 4 is 18.1 Å². The normalized spacial score (nSPS) is 10.6. The summed E-state index contributed by atoms with van der Waals surface area (Å²) in [5.41, 5.74) is 8.46. The van der Waals surface area contributed by atoms with E-state index >= 15 is 0 Å². The monoisotopic (exact) mass is 335 g/mol. The van der Waals surface area contributed by atoms with E-state index in [2.05, 4.69) is 26.1 Å². The lowest BCUT2D eigenvalue weighted by Gasteiger charge is -2.12. The van der Waals surface area contributed by atoms with E-state index in [9.17, 15) is 4.79 Å². The number of hydrogen-bond acceptors (Lipinski definition) is 9. The molecule has 0 spiro atoms. The molecule has 1 amide bonds. The fourth-order valence-electron chi connectivity index (χ4n) is 1.85. The fraction of sp³-hybridized carbons (Fsp3) is 0.308. The van der Waals surface area contributed by atoms with Crippen molar-refractivity contribution in [3.05, 3.63) is 17.7 Å². The number of anilines is 1. The zero-order chi connectivity index (χ0) is 17.5. The molecule has 11 nitrogen and oxygen atoms in total. The number of carbonyl (C=O) groups is 1. The molecule has 0 fully saturated rings. The van der Waals surface area contributed by atoms with Crippen LogP contribution in [0.25, 0.3) is 0 Å². The molecule has 2 aromatic rings. The third-order valence-electron chi connectivity index (χ3n) is 2.94. The number of ether oxygens (including phenoxy) is 3. The van der Waals surface area contributed by atoms with Crippen LogP contribution in [0.2, 0.25) is 0 Å². The molecule has 0 unspecified atom stereocenters. The summed E-state index contributed by atoms with van der Waals surface area (Å²) in [5.74, 6) is 1.03. The van der Waals surface area contributed by atoms with Crippen molar-refractivity contribution in [1.82, 2.24) is 25.6 Å². The highest BCUT2D eigenvalue weighted by Gasteiger charge is 2.12. The number of methoxy groups -OCH3 is 3. The van der Waals surface area contributed by atoms with E-state index < -0.39 is 5.91 Å². The summed E-state index contributed by atoms with van der Waals surface area (Å²) in [4.78, 5) is 11.7. The standard InChI is InChI=1S/C13H17N7O4/c1-22-9-4-8(5-10(23-2)12(9)24-3)6-15-16-11(21)7-20-13(14)17-18-19-20/h4-6H,7H2,1-3H3,(H,16,21)(H2,14,17,19)/b15-6-. The zero-order valence-corrected chi connectivity index (χ0v) is 13.4. The van der Waals surface area contributed by atoms with Crippen LogP contribution < -0.4 is 25.4 Å². The van der Waals surface area contributed by atoms with E-state index in [0.29, 0.717) is 22.8 Å². The molecule has 128 valence electrons. The van der Waals surface area contributed by atoms with Gasteiger partial charge in [-0.05, 0) is 22.6 Å². The maximum Gasteiger partial charge on any atom is 0.261 e. The number of rotatable bonds is 7. The second-order valence-electron chi connectivity index (χ2n) is 4.45. The van der Waals surface area contributed by atoms with Crippen LogP contribution in [0.15, 0.2) is 17.2 Å². The molecule has 1 aromatic carbocycles. The largest absolute Gasteiger partial charge is 0.493 e. The van der Waals surface area contributed by atoms with Gasteiger partial charge in [0.1, 0.15) is 6.54 Å². The second kappa shape index (κ2) is 7.76. The molecule has 0 saturated heterocycles. The Morgan fingerprint density at radius 3 is 2.46 bits per heavy atom. The number of aromatic nitrogens is 4. The molecule has 1 heterocycles. The van der Waals surface area contributed by atoms with Crippen molar-refractivity contribution in [3.63, 3.8) is 0 Å². The van der Waals surface area contributed by atoms with Gasteiger partial charge in [0.2, 0.25) is 11.7 Å². The van der Waals surface area contributed by atoms with Crippen molar-refractivity contribution in [3.8, 4) is 17.2 Å². The molecule has 0 radical (unpaired) electrons. The number of nitrogen functional groups attached to an aromatic ring is 1. The summed E-state index contributed by atoms with van der Waals surface area (Å²) in [6, 6.07) is 3.38. The number of hydrazone groups is 1. The van der Waals surface area contributed by atoms with Crippen LogP contribution in [0, 0.1) is 0 Å². The number of hydrogen-bond donors (Lipinski definition) is 2. The molecule has 1 aromatic heterocycles. The lowest BCUT2D eigenvalue weighted by atomic mass is 10.2. The molecular weight excluding hydrogens is 318 g/mol. The Labute approximate surface area is 137 Å². The van der Waals surface area contributed by atoms with Gasteiger partial charge in [-0.15, -0.1) is 0 Å². The van der Waals surface area contributed by atoms with Gasteiger partial charge in [-0.25, -0.2) is 10.1 Å². The van der Waals surface area contributed by atoms with Gasteiger partial charge in [-0.3, -0.25) is 4.79 Å². The highest BCUT2D eigenvalue weighted by atomic mass is 16.5. The van der Waals surface area contributed by atoms with Gasteiger partial charge < -0.3 is 19.9 Å². The summed E-state index contributed by atoms with van der Waals surface area (Å²) in [6.45, 7) is -0.147. The molecule has 0 aliphatic heterocycles. The summed E-state index contributed by atoms with van der Waals surface area (Å²) < 4.78 is 16.8. The van der Waals surface area contributed by atoms with Crippen LogP contribution in [0.1, 0.15) is 5.56 Å². The molecular formula is C13H17N7O4. The number of tetrazole rings is 1. The average molecular weight is 335 g/mol. The van der Waals surface area contributed by atoms with Crippen LogP contribution in [0.4, 0.5) is 5.95 Å². The fourth-order valence-corrected chi connectivity index (χ4v) is 1.85. The molecule has 0 atom stereocenters. The first-order valence-electron chi connectivity index (χ1n) is 6.72. The minimum Gasteiger partial charge on any atom is -0.493 e. The molecule has 2 rings (SSSR count). The number of nitrogens with one attached hydrogen (secondary N) is 1. The summed E-state index contributed by atoms with van der Waals surface area (Å²) in [7, 11) is 4.53. The topological polar surface area (TPSA) is 139 Å². The number of benzene rings is 1. The molecule has 11 heteroatoms. The Bertz CT molecular complexity index is 719. The van der Waals surface area contributed by atoms with Gasteiger partial charge in [-0.1, -0.05) is 5.10 Å². The smallest absolute Gasteiger partial charge is 0.261 e. The van der Waals surface area contributed by atoms with Gasteiger partial charge in [0.05, 0.1) is 27.5 Å². The van der Waals surface area contributed by atoms with E-state index in [4.69, 9.17) is 19.9 Å². The Balaban J connectivity index is 2.06. The van der Waals surface area contributed by atoms with E-state index in [1.54, 1.807) is 12.1 Å². The van der Waals surface area contributed by atoms with Crippen LogP contribution in [-0.4, -0.2) is 53.7 Å². The van der Waals surface area contributed by atoms with E-state index in [1.807, 2.05) is 0 Å². The summed E-state index contributed by atoms with van der Waals surface area (Å²) in [6.07, 6.45) is 1.44. The second-order valence-corrected chi connectivity index (χ2v) is 4.45. The molecule has 24 heavy (non-hydrogen) atoms. The van der Waals surface area contributed by atoms with Crippen LogP contribution in [-0.2, 0) is 11.3 Å². The van der Waals surface area contributed by atoms with Gasteiger partial charge in [-0.2, -0.15) is 5.10 Å². The van der Waals surface area contributed by atoms with Crippen LogP contribution in [0.3, 0.4) is 0 Å². The first-order valence-corrected chi connectivity index (χ1v) is 6.72. The Morgan fingerprint density at radius 2 is 1.96 bits per heavy atom. The summed E-state index contributed by atoms with van der Waals surface area (Å²) in [5, 5.41) is 14.2. The average Bonchev–Trinajstić information content (AvgIpc) is 2.98. The van der Waals surface area contributed by atoms with Crippen molar-refractivity contribution < 1.29 is 19.0 Å². The van der Waals surface area contributed by atoms with Crippen LogP contribution in [0.5, 0.6) is 17.2 Å². The lowest BCUT2D eigenvalue weighted by Crippen LogP contribution is -2.24. The van der Waals surface area contributed by atoms with Gasteiger partial charge in [0.25, 0.3) is 5.91 Å². The van der Waals surface area contributed by atoms with E-state index in [1.165, 1.54) is 27.5 Å². The van der Waals surface area contributed by atoms with Gasteiger partial charge in [0, 0.05) is 5.56 Å². The minimum atomic E-state index is -0.433. The predicted molar refractivity (Wildman–Crippen MR) is 84.1 cm³/mol. The molecule has 0 bridgehead atoms. The Kier molecular flexibility index (Phi) is 5.49. The number of nitrogens with two attached hydrogens (primary N) is 1. The van der Waals surface area contributed by atoms with Gasteiger partial charge in [0.15, 0.2) is 11.5 Å². The third kappa shape index (κ3) is 3.88. The maximum absolute atomic E-state index is 11.7. The molecule has 0 aliphatic rings. The maximum atomic E-state index is 11.7. The highest BCUT2D eigenvalue weighted by Crippen LogP contribution is 2.37. The predicted octanol–water partition coefficient (Wildman–Crippen LogP) is -0.569. The van der Waals surface area contributed by atoms with Crippen LogP contribution >= 0.6 is 0 Å². The summed E-state index contributed by atoms with van der Waals surface area (Å²) >= 11 is 0. The van der Waals surface area contributed by atoms with Crippen molar-refractivity contribution in [1.29, 1.82) is 0 Å². The Hall–Kier alpha value is -3.37. The molecule has 0 saturated carbocycles. The number of nitrogens with zero attached hydrogens (tertiary/aromatic N) is 5. The first-order chi connectivity index (χ1) is 11.6. The SMILES string of the molecule is COc1cc(/C=N\NC(=O)Cn2nnnc2N)cc(OC)c1OC. The number of carbonyl (C=O) groups excluding carboxylic acids is 1. The Morgan fingerprint density at radius 1 is 1.29 bits per heavy atom. The van der Waals surface area contributed by atoms with Gasteiger partial charge >= 0.3 is 0 Å². The molecule has 3 N–H and O–H groups in total. The van der Waals surface area contributed by atoms with Crippen molar-refractivity contribution in [2.24, 2.45) is 5.10 Å².